The van der Waals surface area contributed by atoms with Gasteiger partial charge in [-0.05, 0) is 62.9 Å². The van der Waals surface area contributed by atoms with E-state index in [0.717, 1.165) is 92.3 Å². The van der Waals surface area contributed by atoms with E-state index in [1.54, 1.807) is 0 Å². The summed E-state index contributed by atoms with van der Waals surface area (Å²) in [5.41, 5.74) is 10.3. The molecule has 0 heterocycles. The molecule has 5 aromatic carbocycles. The fourth-order valence-corrected chi connectivity index (χ4v) is 6.62. The molecule has 6 rings (SSSR count). The van der Waals surface area contributed by atoms with Gasteiger partial charge in [-0.1, -0.05) is 136 Å². The lowest BCUT2D eigenvalue weighted by atomic mass is 9.91. The highest BCUT2D eigenvalue weighted by Gasteiger charge is 2.21. The fourth-order valence-electron chi connectivity index (χ4n) is 6.62. The van der Waals surface area contributed by atoms with Gasteiger partial charge in [-0.25, -0.2) is 0 Å². The van der Waals surface area contributed by atoms with Crippen LogP contribution < -0.4 is 18.9 Å². The number of rotatable bonds is 13. The molecule has 0 saturated carbocycles. The molecule has 8 bridgehead atoms. The van der Waals surface area contributed by atoms with Gasteiger partial charge in [-0.2, -0.15) is 0 Å². The third kappa shape index (κ3) is 8.37. The normalized spacial score (nSPS) is 12.2. The zero-order valence-electron chi connectivity index (χ0n) is 29.0. The summed E-state index contributed by atoms with van der Waals surface area (Å²) in [4.78, 5) is 0. The highest BCUT2D eigenvalue weighted by Crippen LogP contribution is 2.39. The molecule has 0 aliphatic heterocycles. The average molecular weight is 653 g/mol. The van der Waals surface area contributed by atoms with Gasteiger partial charge in [0, 0.05) is 25.7 Å². The first-order valence-electron chi connectivity index (χ1n) is 17.8. The maximum absolute atomic E-state index is 6.78. The molecule has 1 aliphatic rings. The molecule has 0 spiro atoms. The Morgan fingerprint density at radius 3 is 1.29 bits per heavy atom. The first-order valence-corrected chi connectivity index (χ1v) is 17.8. The van der Waals surface area contributed by atoms with Crippen molar-refractivity contribution in [1.29, 1.82) is 0 Å². The molecular formula is C45H48O4. The van der Waals surface area contributed by atoms with Gasteiger partial charge in [0.25, 0.3) is 0 Å². The second-order valence-electron chi connectivity index (χ2n) is 12.8. The third-order valence-corrected chi connectivity index (χ3v) is 9.00. The van der Waals surface area contributed by atoms with Crippen LogP contribution in [-0.2, 0) is 32.3 Å². The van der Waals surface area contributed by atoms with Crippen LogP contribution in [0.5, 0.6) is 23.0 Å². The average Bonchev–Trinajstić information content (AvgIpc) is 3.12. The molecular weight excluding hydrogens is 604 g/mol. The molecule has 0 aromatic heterocycles. The summed E-state index contributed by atoms with van der Waals surface area (Å²) in [7, 11) is 0. The van der Waals surface area contributed by atoms with Crippen molar-refractivity contribution in [3.05, 3.63) is 166 Å². The summed E-state index contributed by atoms with van der Waals surface area (Å²) in [5.74, 6) is 3.75. The first-order chi connectivity index (χ1) is 24.2. The number of hydrogen-bond acceptors (Lipinski definition) is 4. The maximum atomic E-state index is 6.78. The van der Waals surface area contributed by atoms with Crippen LogP contribution >= 0.6 is 0 Å². The monoisotopic (exact) mass is 652 g/mol. The topological polar surface area (TPSA) is 36.9 Å². The molecule has 0 N–H and O–H groups in total. The second-order valence-corrected chi connectivity index (χ2v) is 12.8. The Morgan fingerprint density at radius 2 is 0.878 bits per heavy atom. The second kappa shape index (κ2) is 16.9. The Morgan fingerprint density at radius 1 is 0.469 bits per heavy atom. The van der Waals surface area contributed by atoms with Crippen LogP contribution in [0.3, 0.4) is 0 Å². The summed E-state index contributed by atoms with van der Waals surface area (Å²) in [6.07, 6.45) is 7.56. The molecule has 252 valence electrons. The molecule has 0 radical (unpaired) electrons. The van der Waals surface area contributed by atoms with Crippen LogP contribution in [0.2, 0.25) is 0 Å². The van der Waals surface area contributed by atoms with Crippen molar-refractivity contribution in [3.63, 3.8) is 0 Å². The predicted molar refractivity (Wildman–Crippen MR) is 200 cm³/mol. The van der Waals surface area contributed by atoms with Gasteiger partial charge in [-0.15, -0.1) is 0 Å². The Hall–Kier alpha value is -4.96. The molecule has 0 fully saturated rings. The Balaban J connectivity index is 1.54. The highest BCUT2D eigenvalue weighted by molar-refractivity contribution is 5.56. The molecule has 0 atom stereocenters. The maximum Gasteiger partial charge on any atom is 0.126 e. The van der Waals surface area contributed by atoms with Crippen molar-refractivity contribution in [2.75, 3.05) is 19.8 Å². The zero-order chi connectivity index (χ0) is 33.8. The van der Waals surface area contributed by atoms with Gasteiger partial charge in [0.05, 0.1) is 13.2 Å². The van der Waals surface area contributed by atoms with E-state index in [2.05, 4.69) is 117 Å². The largest absolute Gasteiger partial charge is 0.493 e. The third-order valence-electron chi connectivity index (χ3n) is 9.00. The van der Waals surface area contributed by atoms with E-state index in [0.29, 0.717) is 52.1 Å². The number of hydrogen-bond donors (Lipinski definition) is 0. The van der Waals surface area contributed by atoms with Crippen molar-refractivity contribution in [2.24, 2.45) is 0 Å². The van der Waals surface area contributed by atoms with Gasteiger partial charge < -0.3 is 18.9 Å². The van der Waals surface area contributed by atoms with Gasteiger partial charge in [-0.3, -0.25) is 0 Å². The molecule has 4 heteroatoms. The van der Waals surface area contributed by atoms with Crippen LogP contribution in [0.15, 0.2) is 116 Å². The van der Waals surface area contributed by atoms with Gasteiger partial charge in [0.1, 0.15) is 36.2 Å². The standard InChI is InChI=1S/C45H48O4/c1-4-7-27-48-44-38-21-13-22-39(44)31-41-24-14-23-40(45(41)49-32-33-15-9-8-10-16-33)30-37-20-12-18-35(43(37)47-26-6-3)28-34-17-11-19-36(29-38)42(34)46-25-5-2/h5,8-24H,2,4,6-7,25-32H2,1,3H3. The van der Waals surface area contributed by atoms with Gasteiger partial charge in [0.2, 0.25) is 0 Å². The van der Waals surface area contributed by atoms with Crippen LogP contribution in [-0.4, -0.2) is 19.8 Å². The predicted octanol–water partition coefficient (Wildman–Crippen LogP) is 10.5. The first kappa shape index (κ1) is 33.9. The Labute approximate surface area is 292 Å². The van der Waals surface area contributed by atoms with E-state index in [1.807, 2.05) is 12.1 Å². The quantitative estimate of drug-likeness (QED) is 0.0919. The molecule has 5 aromatic rings. The molecule has 0 amide bonds. The van der Waals surface area contributed by atoms with Crippen molar-refractivity contribution in [3.8, 4) is 23.0 Å². The lowest BCUT2D eigenvalue weighted by molar-refractivity contribution is 0.297. The SMILES string of the molecule is C=CCOc1c2cccc1Cc1cccc(c1OCCCC)Cc1cccc(c1OCc1ccccc1)Cc1cccc(c1OCCC)C2. The Bertz CT molecular complexity index is 1840. The zero-order valence-corrected chi connectivity index (χ0v) is 29.0. The number of ether oxygens (including phenoxy) is 4. The number of unbranched alkanes of at least 4 members (excludes halogenated alkanes) is 1. The van der Waals surface area contributed by atoms with E-state index in [9.17, 15) is 0 Å². The Kier molecular flexibility index (Phi) is 11.7. The highest BCUT2D eigenvalue weighted by atomic mass is 16.5. The van der Waals surface area contributed by atoms with Crippen molar-refractivity contribution in [1.82, 2.24) is 0 Å². The molecule has 49 heavy (non-hydrogen) atoms. The van der Waals surface area contributed by atoms with Crippen LogP contribution in [0.25, 0.3) is 0 Å². The lowest BCUT2D eigenvalue weighted by Crippen LogP contribution is -2.09. The van der Waals surface area contributed by atoms with E-state index in [-0.39, 0.29) is 0 Å². The minimum Gasteiger partial charge on any atom is -0.493 e. The summed E-state index contributed by atoms with van der Waals surface area (Å²) in [5, 5.41) is 0. The molecule has 0 unspecified atom stereocenters. The van der Waals surface area contributed by atoms with Crippen LogP contribution in [0, 0.1) is 0 Å². The fraction of sp³-hybridized carbons (Fsp3) is 0.289. The van der Waals surface area contributed by atoms with Crippen molar-refractivity contribution in [2.45, 2.75) is 65.4 Å². The van der Waals surface area contributed by atoms with E-state index in [4.69, 9.17) is 18.9 Å². The summed E-state index contributed by atoms with van der Waals surface area (Å²) < 4.78 is 26.5. The number of fused-ring (bicyclic) bond motifs is 8. The summed E-state index contributed by atoms with van der Waals surface area (Å²) in [6.45, 7) is 10.5. The summed E-state index contributed by atoms with van der Waals surface area (Å²) >= 11 is 0. The van der Waals surface area contributed by atoms with Crippen molar-refractivity contribution < 1.29 is 18.9 Å². The summed E-state index contributed by atoms with van der Waals surface area (Å²) in [6, 6.07) is 36.6. The van der Waals surface area contributed by atoms with Crippen molar-refractivity contribution >= 4 is 0 Å². The molecule has 4 nitrogen and oxygen atoms in total. The minimum atomic E-state index is 0.434. The van der Waals surface area contributed by atoms with E-state index in [1.165, 1.54) is 0 Å². The van der Waals surface area contributed by atoms with Gasteiger partial charge >= 0.3 is 0 Å². The van der Waals surface area contributed by atoms with E-state index < -0.39 is 0 Å². The lowest BCUT2D eigenvalue weighted by Gasteiger charge is -2.22. The molecule has 1 aliphatic carbocycles. The molecule has 0 saturated heterocycles. The van der Waals surface area contributed by atoms with Crippen LogP contribution in [0.1, 0.15) is 83.2 Å². The smallest absolute Gasteiger partial charge is 0.126 e. The van der Waals surface area contributed by atoms with Crippen LogP contribution in [0.4, 0.5) is 0 Å². The van der Waals surface area contributed by atoms with E-state index >= 15 is 0 Å². The minimum absolute atomic E-state index is 0.434. The van der Waals surface area contributed by atoms with Gasteiger partial charge in [0.15, 0.2) is 0 Å². The number of para-hydroxylation sites is 4. The number of benzene rings is 5.